The minimum Gasteiger partial charge on any atom is -0.481 e. The van der Waals surface area contributed by atoms with Crippen LogP contribution in [0, 0.1) is 11.8 Å². The molecule has 0 bridgehead atoms. The Morgan fingerprint density at radius 1 is 1.04 bits per heavy atom. The molecule has 152 valence electrons. The molecule has 0 radical (unpaired) electrons. The van der Waals surface area contributed by atoms with Crippen LogP contribution in [0.25, 0.3) is 0 Å². The first-order valence-electron chi connectivity index (χ1n) is 10.1. The number of carbonyl (C=O) groups excluding carboxylic acids is 1. The second-order valence-corrected chi connectivity index (χ2v) is 7.87. The number of carbonyl (C=O) groups is 2. The van der Waals surface area contributed by atoms with Gasteiger partial charge < -0.3 is 20.4 Å². The molecule has 0 spiro atoms. The normalized spacial score (nSPS) is 25.4. The third-order valence-corrected chi connectivity index (χ3v) is 5.48. The molecule has 0 amide bonds. The summed E-state index contributed by atoms with van der Waals surface area (Å²) in [6.07, 6.45) is 6.32. The molecule has 1 aliphatic rings. The van der Waals surface area contributed by atoms with Crippen LogP contribution in [-0.4, -0.2) is 50.5 Å². The highest BCUT2D eigenvalue weighted by molar-refractivity contribution is 5.84. The zero-order chi connectivity index (χ0) is 19.5. The summed E-state index contributed by atoms with van der Waals surface area (Å²) in [7, 11) is 0. The largest absolute Gasteiger partial charge is 0.481 e. The summed E-state index contributed by atoms with van der Waals surface area (Å²) in [5.74, 6) is -0.857. The molecule has 0 aromatic rings. The summed E-state index contributed by atoms with van der Waals surface area (Å²) in [5.41, 5.74) is 0. The molecule has 1 aliphatic carbocycles. The molecule has 1 rings (SSSR count). The van der Waals surface area contributed by atoms with E-state index in [1.807, 2.05) is 0 Å². The predicted octanol–water partition coefficient (Wildman–Crippen LogP) is 2.67. The fourth-order valence-electron chi connectivity index (χ4n) is 3.96. The Morgan fingerprint density at radius 2 is 1.73 bits per heavy atom. The van der Waals surface area contributed by atoms with Crippen molar-refractivity contribution < 1.29 is 30.0 Å². The number of hydrogen-bond acceptors (Lipinski definition) is 5. The van der Waals surface area contributed by atoms with Crippen molar-refractivity contribution in [2.45, 2.75) is 102 Å². The van der Waals surface area contributed by atoms with Gasteiger partial charge in [0, 0.05) is 18.8 Å². The molecule has 0 aromatic heterocycles. The summed E-state index contributed by atoms with van der Waals surface area (Å²) in [6.45, 7) is 1.74. The van der Waals surface area contributed by atoms with Crippen molar-refractivity contribution in [3.63, 3.8) is 0 Å². The van der Waals surface area contributed by atoms with E-state index in [0.29, 0.717) is 32.1 Å². The lowest BCUT2D eigenvalue weighted by Crippen LogP contribution is -2.22. The predicted molar refractivity (Wildman–Crippen MR) is 98.7 cm³/mol. The average Bonchev–Trinajstić information content (AvgIpc) is 2.81. The summed E-state index contributed by atoms with van der Waals surface area (Å²) in [6, 6.07) is 0. The Balaban J connectivity index is 2.30. The molecule has 6 heteroatoms. The fraction of sp³-hybridized carbons (Fsp3) is 0.900. The van der Waals surface area contributed by atoms with Crippen LogP contribution in [0.3, 0.4) is 0 Å². The van der Waals surface area contributed by atoms with Gasteiger partial charge in [0.05, 0.1) is 18.3 Å². The molecule has 0 heterocycles. The van der Waals surface area contributed by atoms with Gasteiger partial charge in [-0.3, -0.25) is 9.59 Å². The Labute approximate surface area is 156 Å². The monoisotopic (exact) mass is 372 g/mol. The molecule has 0 saturated heterocycles. The molecular formula is C20H36O6. The SMILES string of the molecule is CC(O)CCCC(O)CCC1C(O)CC(=O)C1CCCCCCC(=O)O. The first-order chi connectivity index (χ1) is 12.3. The third-order valence-electron chi connectivity index (χ3n) is 5.48. The maximum absolute atomic E-state index is 12.2. The van der Waals surface area contributed by atoms with Crippen LogP contribution in [0.4, 0.5) is 0 Å². The summed E-state index contributed by atoms with van der Waals surface area (Å²) in [5, 5.41) is 38.1. The van der Waals surface area contributed by atoms with E-state index in [2.05, 4.69) is 0 Å². The van der Waals surface area contributed by atoms with Gasteiger partial charge in [0.1, 0.15) is 5.78 Å². The zero-order valence-electron chi connectivity index (χ0n) is 16.0. The van der Waals surface area contributed by atoms with Crippen molar-refractivity contribution in [3.8, 4) is 0 Å². The quantitative estimate of drug-likeness (QED) is 0.349. The highest BCUT2D eigenvalue weighted by Gasteiger charge is 2.40. The lowest BCUT2D eigenvalue weighted by atomic mass is 9.85. The third kappa shape index (κ3) is 9.10. The molecule has 6 nitrogen and oxygen atoms in total. The van der Waals surface area contributed by atoms with Crippen LogP contribution in [0.5, 0.6) is 0 Å². The lowest BCUT2D eigenvalue weighted by molar-refractivity contribution is -0.137. The Kier molecular flexibility index (Phi) is 11.0. The maximum Gasteiger partial charge on any atom is 0.303 e. The number of ketones is 1. The first-order valence-corrected chi connectivity index (χ1v) is 10.1. The van der Waals surface area contributed by atoms with Gasteiger partial charge in [0.25, 0.3) is 0 Å². The number of aliphatic hydroxyl groups excluding tert-OH is 3. The summed E-state index contributed by atoms with van der Waals surface area (Å²) in [4.78, 5) is 22.7. The van der Waals surface area contributed by atoms with Crippen LogP contribution in [-0.2, 0) is 9.59 Å². The van der Waals surface area contributed by atoms with E-state index >= 15 is 0 Å². The Hall–Kier alpha value is -0.980. The summed E-state index contributed by atoms with van der Waals surface area (Å²) < 4.78 is 0. The minimum absolute atomic E-state index is 0.0760. The van der Waals surface area contributed by atoms with Gasteiger partial charge in [0.2, 0.25) is 0 Å². The van der Waals surface area contributed by atoms with E-state index in [-0.39, 0.29) is 36.6 Å². The maximum atomic E-state index is 12.2. The number of carboxylic acids is 1. The standard InChI is InChI=1S/C20H36O6/c1-14(21)7-6-8-15(22)11-12-17-16(18(23)13-19(17)24)9-4-2-3-5-10-20(25)26/h14-17,19,21-22,24H,2-13H2,1H3,(H,25,26). The van der Waals surface area contributed by atoms with E-state index in [4.69, 9.17) is 5.11 Å². The van der Waals surface area contributed by atoms with E-state index in [9.17, 15) is 24.9 Å². The number of carboxylic acid groups (broad SMARTS) is 1. The van der Waals surface area contributed by atoms with Crippen LogP contribution < -0.4 is 0 Å². The highest BCUT2D eigenvalue weighted by atomic mass is 16.4. The molecule has 0 aliphatic heterocycles. The fourth-order valence-corrected chi connectivity index (χ4v) is 3.96. The van der Waals surface area contributed by atoms with Crippen LogP contribution in [0.15, 0.2) is 0 Å². The number of aliphatic carboxylic acids is 1. The molecule has 4 N–H and O–H groups in total. The van der Waals surface area contributed by atoms with Gasteiger partial charge in [-0.15, -0.1) is 0 Å². The molecular weight excluding hydrogens is 336 g/mol. The van der Waals surface area contributed by atoms with E-state index in [1.54, 1.807) is 6.92 Å². The first kappa shape index (κ1) is 23.1. The molecule has 5 atom stereocenters. The van der Waals surface area contributed by atoms with Gasteiger partial charge in [-0.05, 0) is 57.8 Å². The second-order valence-electron chi connectivity index (χ2n) is 7.87. The highest BCUT2D eigenvalue weighted by Crippen LogP contribution is 2.36. The summed E-state index contributed by atoms with van der Waals surface area (Å²) >= 11 is 0. The van der Waals surface area contributed by atoms with Crippen LogP contribution in [0.2, 0.25) is 0 Å². The van der Waals surface area contributed by atoms with Crippen molar-refractivity contribution in [3.05, 3.63) is 0 Å². The number of Topliss-reactive ketones (excluding diaryl/α,β-unsaturated/α-hetero) is 1. The van der Waals surface area contributed by atoms with Crippen LogP contribution >= 0.6 is 0 Å². The molecule has 0 aromatic carbocycles. The van der Waals surface area contributed by atoms with E-state index < -0.39 is 18.2 Å². The second kappa shape index (κ2) is 12.4. The number of unbranched alkanes of at least 4 members (excludes halogenated alkanes) is 3. The van der Waals surface area contributed by atoms with Gasteiger partial charge >= 0.3 is 5.97 Å². The van der Waals surface area contributed by atoms with Crippen molar-refractivity contribution >= 4 is 11.8 Å². The minimum atomic E-state index is -0.772. The van der Waals surface area contributed by atoms with Gasteiger partial charge in [0.15, 0.2) is 0 Å². The topological polar surface area (TPSA) is 115 Å². The Morgan fingerprint density at radius 3 is 2.38 bits per heavy atom. The number of rotatable bonds is 14. The van der Waals surface area contributed by atoms with Crippen molar-refractivity contribution in [1.29, 1.82) is 0 Å². The molecule has 1 saturated carbocycles. The number of hydrogen-bond donors (Lipinski definition) is 4. The smallest absolute Gasteiger partial charge is 0.303 e. The molecule has 1 fully saturated rings. The molecule has 26 heavy (non-hydrogen) atoms. The average molecular weight is 373 g/mol. The van der Waals surface area contributed by atoms with Crippen LogP contribution in [0.1, 0.15) is 84.0 Å². The number of aliphatic hydroxyl groups is 3. The van der Waals surface area contributed by atoms with Crippen molar-refractivity contribution in [2.75, 3.05) is 0 Å². The molecule has 5 unspecified atom stereocenters. The lowest BCUT2D eigenvalue weighted by Gasteiger charge is -2.22. The van der Waals surface area contributed by atoms with Crippen molar-refractivity contribution in [1.82, 2.24) is 0 Å². The van der Waals surface area contributed by atoms with E-state index in [1.165, 1.54) is 0 Å². The Bertz CT molecular complexity index is 423. The zero-order valence-corrected chi connectivity index (χ0v) is 16.0. The van der Waals surface area contributed by atoms with Gasteiger partial charge in [-0.25, -0.2) is 0 Å². The van der Waals surface area contributed by atoms with Gasteiger partial charge in [-0.2, -0.15) is 0 Å². The van der Waals surface area contributed by atoms with E-state index in [0.717, 1.165) is 32.1 Å². The van der Waals surface area contributed by atoms with Crippen molar-refractivity contribution in [2.24, 2.45) is 11.8 Å². The van der Waals surface area contributed by atoms with Gasteiger partial charge in [-0.1, -0.05) is 19.3 Å².